The third-order valence-corrected chi connectivity index (χ3v) is 9.76. The Morgan fingerprint density at radius 2 is 1.69 bits per heavy atom. The minimum Gasteiger partial charge on any atom is -0.341 e. The van der Waals surface area contributed by atoms with Crippen LogP contribution in [0, 0.1) is 19.8 Å². The van der Waals surface area contributed by atoms with E-state index in [2.05, 4.69) is 11.2 Å². The van der Waals surface area contributed by atoms with E-state index in [1.165, 1.54) is 14.6 Å². The molecule has 10 heteroatoms. The lowest BCUT2D eigenvalue weighted by atomic mass is 9.96. The van der Waals surface area contributed by atoms with Crippen molar-refractivity contribution in [2.45, 2.75) is 57.4 Å². The van der Waals surface area contributed by atoms with Crippen LogP contribution in [0.3, 0.4) is 0 Å². The number of likely N-dealkylation sites (tertiary alicyclic amines) is 1. The van der Waals surface area contributed by atoms with Gasteiger partial charge in [0.1, 0.15) is 11.4 Å². The molecule has 1 aromatic heterocycles. The standard InChI is InChI=1S/C25H33N5O4S/c1-18-24(19(2)30(26-18)17-23(31)27-12-5-6-13-27)35(33,34)28-14-9-21(10-15-28)25(32)29-16-11-20-7-3-4-8-22(20)29/h3-4,7-8,21H,5-6,9-17H2,1-2H3. The van der Waals surface area contributed by atoms with E-state index in [0.717, 1.165) is 38.0 Å². The number of sulfonamides is 1. The number of fused-ring (bicyclic) bond motifs is 1. The summed E-state index contributed by atoms with van der Waals surface area (Å²) >= 11 is 0. The maximum Gasteiger partial charge on any atom is 0.246 e. The van der Waals surface area contributed by atoms with Crippen molar-refractivity contribution in [1.29, 1.82) is 0 Å². The molecule has 2 saturated heterocycles. The van der Waals surface area contributed by atoms with E-state index in [1.807, 2.05) is 28.0 Å². The first-order valence-electron chi connectivity index (χ1n) is 12.5. The van der Waals surface area contributed by atoms with Gasteiger partial charge in [-0.3, -0.25) is 14.3 Å². The highest BCUT2D eigenvalue weighted by atomic mass is 32.2. The minimum atomic E-state index is -3.77. The number of rotatable bonds is 5. The summed E-state index contributed by atoms with van der Waals surface area (Å²) in [5.41, 5.74) is 3.06. The van der Waals surface area contributed by atoms with Crippen LogP contribution >= 0.6 is 0 Å². The van der Waals surface area contributed by atoms with E-state index in [4.69, 9.17) is 0 Å². The number of para-hydroxylation sites is 1. The fraction of sp³-hybridized carbons (Fsp3) is 0.560. The topological polar surface area (TPSA) is 95.8 Å². The van der Waals surface area contributed by atoms with Crippen LogP contribution < -0.4 is 4.90 Å². The first-order valence-corrected chi connectivity index (χ1v) is 13.9. The van der Waals surface area contributed by atoms with Crippen molar-refractivity contribution in [2.24, 2.45) is 5.92 Å². The van der Waals surface area contributed by atoms with Gasteiger partial charge in [0.05, 0.1) is 11.4 Å². The van der Waals surface area contributed by atoms with Crippen molar-refractivity contribution in [3.05, 3.63) is 41.2 Å². The lowest BCUT2D eigenvalue weighted by Gasteiger charge is -2.32. The van der Waals surface area contributed by atoms with Gasteiger partial charge in [0.15, 0.2) is 0 Å². The van der Waals surface area contributed by atoms with Gasteiger partial charge in [-0.05, 0) is 57.6 Å². The molecule has 0 radical (unpaired) electrons. The quantitative estimate of drug-likeness (QED) is 0.628. The maximum atomic E-state index is 13.6. The number of carbonyl (C=O) groups excluding carboxylic acids is 2. The molecule has 1 aromatic carbocycles. The summed E-state index contributed by atoms with van der Waals surface area (Å²) in [6.07, 6.45) is 3.86. The summed E-state index contributed by atoms with van der Waals surface area (Å²) in [6, 6.07) is 7.98. The van der Waals surface area contributed by atoms with Crippen LogP contribution in [-0.2, 0) is 32.6 Å². The fourth-order valence-electron chi connectivity index (χ4n) is 5.66. The molecule has 0 unspecified atom stereocenters. The molecule has 188 valence electrons. The molecule has 2 amide bonds. The molecule has 4 heterocycles. The van der Waals surface area contributed by atoms with Crippen LogP contribution in [0.1, 0.15) is 42.6 Å². The summed E-state index contributed by atoms with van der Waals surface area (Å²) in [7, 11) is -3.77. The summed E-state index contributed by atoms with van der Waals surface area (Å²) in [4.78, 5) is 29.7. The van der Waals surface area contributed by atoms with Crippen LogP contribution in [0.5, 0.6) is 0 Å². The molecule has 9 nitrogen and oxygen atoms in total. The van der Waals surface area contributed by atoms with Gasteiger partial charge in [0, 0.05) is 44.3 Å². The lowest BCUT2D eigenvalue weighted by molar-refractivity contribution is -0.131. The second kappa shape index (κ2) is 9.39. The Hall–Kier alpha value is -2.72. The summed E-state index contributed by atoms with van der Waals surface area (Å²) < 4.78 is 30.1. The van der Waals surface area contributed by atoms with Crippen molar-refractivity contribution in [1.82, 2.24) is 19.0 Å². The van der Waals surface area contributed by atoms with Crippen molar-refractivity contribution in [3.8, 4) is 0 Å². The fourth-order valence-corrected chi connectivity index (χ4v) is 7.50. The van der Waals surface area contributed by atoms with Gasteiger partial charge in [-0.15, -0.1) is 0 Å². The van der Waals surface area contributed by atoms with Crippen molar-refractivity contribution in [2.75, 3.05) is 37.6 Å². The molecule has 2 aromatic rings. The maximum absolute atomic E-state index is 13.6. The zero-order valence-corrected chi connectivity index (χ0v) is 21.3. The Bertz CT molecular complexity index is 1240. The number of nitrogens with zero attached hydrogens (tertiary/aromatic N) is 5. The third-order valence-electron chi connectivity index (χ3n) is 7.61. The van der Waals surface area contributed by atoms with Gasteiger partial charge in [-0.2, -0.15) is 9.40 Å². The highest BCUT2D eigenvalue weighted by Gasteiger charge is 2.38. The molecule has 0 saturated carbocycles. The van der Waals surface area contributed by atoms with Gasteiger partial charge in [-0.25, -0.2) is 8.42 Å². The zero-order chi connectivity index (χ0) is 24.7. The average molecular weight is 500 g/mol. The first-order chi connectivity index (χ1) is 16.8. The largest absolute Gasteiger partial charge is 0.341 e. The molecular weight excluding hydrogens is 466 g/mol. The van der Waals surface area contributed by atoms with E-state index in [1.54, 1.807) is 13.8 Å². The highest BCUT2D eigenvalue weighted by molar-refractivity contribution is 7.89. The van der Waals surface area contributed by atoms with Crippen LogP contribution in [-0.4, -0.2) is 71.9 Å². The van der Waals surface area contributed by atoms with Crippen molar-refractivity contribution < 1.29 is 18.0 Å². The Balaban J connectivity index is 1.26. The molecule has 0 N–H and O–H groups in total. The predicted octanol–water partition coefficient (Wildman–Crippen LogP) is 2.11. The van der Waals surface area contributed by atoms with E-state index in [9.17, 15) is 18.0 Å². The number of carbonyl (C=O) groups is 2. The Labute approximate surface area is 206 Å². The number of piperidine rings is 1. The number of amides is 2. The number of aromatic nitrogens is 2. The number of aryl methyl sites for hydroxylation is 1. The van der Waals surface area contributed by atoms with Gasteiger partial charge < -0.3 is 9.80 Å². The van der Waals surface area contributed by atoms with E-state index in [0.29, 0.717) is 43.9 Å². The van der Waals surface area contributed by atoms with E-state index >= 15 is 0 Å². The zero-order valence-electron chi connectivity index (χ0n) is 20.4. The second-order valence-corrected chi connectivity index (χ2v) is 11.7. The molecule has 5 rings (SSSR count). The van der Waals surface area contributed by atoms with Gasteiger partial charge >= 0.3 is 0 Å². The number of benzene rings is 1. The monoisotopic (exact) mass is 499 g/mol. The molecule has 3 aliphatic heterocycles. The average Bonchev–Trinajstić information content (AvgIpc) is 3.58. The van der Waals surface area contributed by atoms with Gasteiger partial charge in [0.2, 0.25) is 21.8 Å². The van der Waals surface area contributed by atoms with Crippen LogP contribution in [0.25, 0.3) is 0 Å². The van der Waals surface area contributed by atoms with Crippen LogP contribution in [0.4, 0.5) is 5.69 Å². The lowest BCUT2D eigenvalue weighted by Crippen LogP contribution is -2.44. The smallest absolute Gasteiger partial charge is 0.246 e. The first kappa shape index (κ1) is 24.0. The summed E-state index contributed by atoms with van der Waals surface area (Å²) in [6.45, 7) is 6.22. The number of hydrogen-bond donors (Lipinski definition) is 0. The van der Waals surface area contributed by atoms with Crippen LogP contribution in [0.2, 0.25) is 0 Å². The summed E-state index contributed by atoms with van der Waals surface area (Å²) in [5.74, 6) is -0.122. The Kier molecular flexibility index (Phi) is 6.43. The predicted molar refractivity (Wildman–Crippen MR) is 131 cm³/mol. The van der Waals surface area contributed by atoms with Crippen molar-refractivity contribution in [3.63, 3.8) is 0 Å². The van der Waals surface area contributed by atoms with Gasteiger partial charge in [0.25, 0.3) is 0 Å². The molecule has 2 fully saturated rings. The highest BCUT2D eigenvalue weighted by Crippen LogP contribution is 2.33. The second-order valence-electron chi connectivity index (χ2n) is 9.79. The number of anilines is 1. The SMILES string of the molecule is Cc1nn(CC(=O)N2CCCC2)c(C)c1S(=O)(=O)N1CCC(C(=O)N2CCc3ccccc32)CC1. The normalized spacial score (nSPS) is 19.4. The molecule has 0 aliphatic carbocycles. The molecule has 0 spiro atoms. The minimum absolute atomic E-state index is 0.0279. The molecule has 3 aliphatic rings. The van der Waals surface area contributed by atoms with E-state index in [-0.39, 0.29) is 29.2 Å². The molecule has 35 heavy (non-hydrogen) atoms. The summed E-state index contributed by atoms with van der Waals surface area (Å²) in [5, 5.41) is 4.40. The third kappa shape index (κ3) is 4.38. The van der Waals surface area contributed by atoms with E-state index < -0.39 is 10.0 Å². The Morgan fingerprint density at radius 3 is 2.40 bits per heavy atom. The molecular formula is C25H33N5O4S. The van der Waals surface area contributed by atoms with Crippen LogP contribution in [0.15, 0.2) is 29.2 Å². The molecule has 0 bridgehead atoms. The Morgan fingerprint density at radius 1 is 1.00 bits per heavy atom. The number of hydrogen-bond acceptors (Lipinski definition) is 5. The van der Waals surface area contributed by atoms with Crippen molar-refractivity contribution >= 4 is 27.5 Å². The van der Waals surface area contributed by atoms with Gasteiger partial charge in [-0.1, -0.05) is 18.2 Å². The molecule has 0 atom stereocenters.